The first kappa shape index (κ1) is 74.8. The lowest BCUT2D eigenvalue weighted by atomic mass is 10.1. The molecule has 0 fully saturated rings. The predicted octanol–water partition coefficient (Wildman–Crippen LogP) is 22.8. The maximum absolute atomic E-state index is 12.9. The normalized spacial score (nSPS) is 12.9. The third kappa shape index (κ3) is 64.5. The molecule has 0 N–H and O–H groups in total. The van der Waals surface area contributed by atoms with E-state index in [0.29, 0.717) is 19.3 Å². The molecule has 79 heavy (non-hydrogen) atoms. The van der Waals surface area contributed by atoms with E-state index >= 15 is 0 Å². The largest absolute Gasteiger partial charge is 0.462 e. The Balaban J connectivity index is 4.46. The summed E-state index contributed by atoms with van der Waals surface area (Å²) in [5.74, 6) is -0.919. The SMILES string of the molecule is CC/C=C\C/C=C\C/C=C\C/C=C\C/C=C\C/C=C\CCCCCCC(=O)OCC(COC(=O)CCCCCCCCCCC/C=C\C/C=C\CCCCC)OC(=O)CCCCCCCCCCC/C=C\C/C=C\CCCCC. The number of hydrogen-bond donors (Lipinski definition) is 0. The molecule has 0 aliphatic carbocycles. The van der Waals surface area contributed by atoms with E-state index in [1.807, 2.05) is 0 Å². The molecule has 1 unspecified atom stereocenters. The van der Waals surface area contributed by atoms with Gasteiger partial charge in [0.2, 0.25) is 0 Å². The first-order valence-electron chi connectivity index (χ1n) is 33.0. The van der Waals surface area contributed by atoms with Gasteiger partial charge in [0.05, 0.1) is 0 Å². The zero-order valence-electron chi connectivity index (χ0n) is 51.6. The first-order chi connectivity index (χ1) is 39.0. The van der Waals surface area contributed by atoms with E-state index in [4.69, 9.17) is 14.2 Å². The molecule has 0 radical (unpaired) electrons. The topological polar surface area (TPSA) is 78.9 Å². The third-order valence-corrected chi connectivity index (χ3v) is 13.9. The van der Waals surface area contributed by atoms with Crippen molar-refractivity contribution < 1.29 is 28.6 Å². The van der Waals surface area contributed by atoms with Crippen molar-refractivity contribution in [1.82, 2.24) is 0 Å². The number of unbranched alkanes of at least 4 members (excludes halogenated alkanes) is 28. The van der Waals surface area contributed by atoms with E-state index in [2.05, 4.69) is 142 Å². The highest BCUT2D eigenvalue weighted by Gasteiger charge is 2.19. The monoisotopic (exact) mass is 1090 g/mol. The molecule has 450 valence electrons. The second-order valence-corrected chi connectivity index (χ2v) is 21.6. The molecule has 0 saturated heterocycles. The molecule has 0 saturated carbocycles. The Morgan fingerprint density at radius 3 is 0.772 bits per heavy atom. The van der Waals surface area contributed by atoms with Crippen LogP contribution in [0.25, 0.3) is 0 Å². The van der Waals surface area contributed by atoms with Gasteiger partial charge in [-0.15, -0.1) is 0 Å². The standard InChI is InChI=1S/C73H122O6/c1-4-7-10-13-16-19-22-25-28-31-34-35-36-37-40-42-45-48-51-54-57-60-63-66-72(75)78-69-70(79-73(76)67-64-61-58-55-52-49-46-43-39-33-30-27-24-21-18-15-12-9-6-3)68-77-71(74)65-62-59-56-53-50-47-44-41-38-32-29-26-23-20-17-14-11-8-5-2/h7,10,16-21,25-30,34-35,37,40,45,48,70H,4-6,8-9,11-15,22-24,31-33,36,38-39,41-44,46-47,49-69H2,1-3H3/b10-7-,19-16-,20-17-,21-18-,28-25-,29-26-,30-27-,35-34-,40-37-,48-45-. The fourth-order valence-electron chi connectivity index (χ4n) is 8.98. The maximum atomic E-state index is 12.9. The molecule has 6 heteroatoms. The minimum atomic E-state index is -0.798. The molecule has 0 spiro atoms. The van der Waals surface area contributed by atoms with Crippen molar-refractivity contribution >= 4 is 17.9 Å². The van der Waals surface area contributed by atoms with Gasteiger partial charge < -0.3 is 14.2 Å². The fourth-order valence-corrected chi connectivity index (χ4v) is 8.98. The molecule has 0 heterocycles. The maximum Gasteiger partial charge on any atom is 0.306 e. The number of rotatable bonds is 59. The van der Waals surface area contributed by atoms with Gasteiger partial charge in [-0.1, -0.05) is 271 Å². The van der Waals surface area contributed by atoms with Crippen LogP contribution in [0, 0.1) is 0 Å². The molecule has 0 bridgehead atoms. The summed E-state index contributed by atoms with van der Waals surface area (Å²) in [7, 11) is 0. The summed E-state index contributed by atoms with van der Waals surface area (Å²) < 4.78 is 16.9. The molecular weight excluding hydrogens is 973 g/mol. The van der Waals surface area contributed by atoms with Crippen molar-refractivity contribution in [2.75, 3.05) is 13.2 Å². The van der Waals surface area contributed by atoms with Gasteiger partial charge in [-0.2, -0.15) is 0 Å². The average molecular weight is 1100 g/mol. The first-order valence-corrected chi connectivity index (χ1v) is 33.0. The van der Waals surface area contributed by atoms with Crippen molar-refractivity contribution in [3.63, 3.8) is 0 Å². The molecule has 0 rings (SSSR count). The van der Waals surface area contributed by atoms with E-state index in [0.717, 1.165) is 122 Å². The zero-order valence-corrected chi connectivity index (χ0v) is 51.6. The van der Waals surface area contributed by atoms with Crippen LogP contribution in [0.5, 0.6) is 0 Å². The summed E-state index contributed by atoms with van der Waals surface area (Å²) in [4.78, 5) is 38.4. The highest BCUT2D eigenvalue weighted by Crippen LogP contribution is 2.16. The van der Waals surface area contributed by atoms with Crippen LogP contribution in [0.1, 0.15) is 303 Å². The molecule has 0 aliphatic heterocycles. The minimum Gasteiger partial charge on any atom is -0.462 e. The van der Waals surface area contributed by atoms with E-state index in [-0.39, 0.29) is 31.1 Å². The van der Waals surface area contributed by atoms with Crippen LogP contribution >= 0.6 is 0 Å². The number of esters is 3. The summed E-state index contributed by atoms with van der Waals surface area (Å²) in [6.45, 7) is 6.47. The lowest BCUT2D eigenvalue weighted by Crippen LogP contribution is -2.30. The van der Waals surface area contributed by atoms with Crippen molar-refractivity contribution in [3.05, 3.63) is 122 Å². The lowest BCUT2D eigenvalue weighted by Gasteiger charge is -2.18. The van der Waals surface area contributed by atoms with Gasteiger partial charge >= 0.3 is 17.9 Å². The van der Waals surface area contributed by atoms with Crippen LogP contribution in [-0.2, 0) is 28.6 Å². The molecule has 0 aromatic heterocycles. The van der Waals surface area contributed by atoms with Crippen molar-refractivity contribution in [2.24, 2.45) is 0 Å². The quantitative estimate of drug-likeness (QED) is 0.0261. The van der Waals surface area contributed by atoms with Crippen LogP contribution in [0.3, 0.4) is 0 Å². The molecule has 0 aliphatic rings. The Hall–Kier alpha value is -4.19. The number of carbonyl (C=O) groups is 3. The Labute approximate surface area is 488 Å². The Kier molecular flexibility index (Phi) is 62.8. The number of allylic oxidation sites excluding steroid dienone is 20. The van der Waals surface area contributed by atoms with Gasteiger partial charge in [0.15, 0.2) is 6.10 Å². The molecular formula is C73H122O6. The van der Waals surface area contributed by atoms with Gasteiger partial charge in [-0.05, 0) is 135 Å². The average Bonchev–Trinajstić information content (AvgIpc) is 3.45. The molecule has 0 aromatic rings. The second-order valence-electron chi connectivity index (χ2n) is 21.6. The van der Waals surface area contributed by atoms with Gasteiger partial charge in [0.1, 0.15) is 13.2 Å². The van der Waals surface area contributed by atoms with Crippen molar-refractivity contribution in [2.45, 2.75) is 309 Å². The van der Waals surface area contributed by atoms with Gasteiger partial charge in [-0.25, -0.2) is 0 Å². The van der Waals surface area contributed by atoms with E-state index in [1.165, 1.54) is 141 Å². The highest BCUT2D eigenvalue weighted by molar-refractivity contribution is 5.71. The Morgan fingerprint density at radius 2 is 0.494 bits per heavy atom. The van der Waals surface area contributed by atoms with Crippen LogP contribution in [0.15, 0.2) is 122 Å². The highest BCUT2D eigenvalue weighted by atomic mass is 16.6. The van der Waals surface area contributed by atoms with Crippen molar-refractivity contribution in [3.8, 4) is 0 Å². The second kappa shape index (κ2) is 66.3. The Morgan fingerprint density at radius 1 is 0.266 bits per heavy atom. The van der Waals surface area contributed by atoms with Crippen LogP contribution in [0.2, 0.25) is 0 Å². The summed E-state index contributed by atoms with van der Waals surface area (Å²) in [6.07, 6.45) is 91.9. The van der Waals surface area contributed by atoms with Gasteiger partial charge in [0.25, 0.3) is 0 Å². The molecule has 0 aromatic carbocycles. The predicted molar refractivity (Wildman–Crippen MR) is 343 cm³/mol. The minimum absolute atomic E-state index is 0.0920. The molecule has 0 amide bonds. The van der Waals surface area contributed by atoms with Crippen LogP contribution in [0.4, 0.5) is 0 Å². The number of hydrogen-bond acceptors (Lipinski definition) is 6. The molecule has 1 atom stereocenters. The zero-order chi connectivity index (χ0) is 57.1. The van der Waals surface area contributed by atoms with Gasteiger partial charge in [0, 0.05) is 19.3 Å². The summed E-state index contributed by atoms with van der Waals surface area (Å²) in [6, 6.07) is 0. The third-order valence-electron chi connectivity index (χ3n) is 13.9. The number of ether oxygens (including phenoxy) is 3. The summed E-state index contributed by atoms with van der Waals surface area (Å²) >= 11 is 0. The molecule has 6 nitrogen and oxygen atoms in total. The summed E-state index contributed by atoms with van der Waals surface area (Å²) in [5, 5.41) is 0. The Bertz CT molecular complexity index is 1640. The number of carbonyl (C=O) groups excluding carboxylic acids is 3. The van der Waals surface area contributed by atoms with E-state index in [1.54, 1.807) is 0 Å². The van der Waals surface area contributed by atoms with Crippen LogP contribution < -0.4 is 0 Å². The fraction of sp³-hybridized carbons (Fsp3) is 0.685. The van der Waals surface area contributed by atoms with Crippen LogP contribution in [-0.4, -0.2) is 37.2 Å². The van der Waals surface area contributed by atoms with Crippen molar-refractivity contribution in [1.29, 1.82) is 0 Å². The lowest BCUT2D eigenvalue weighted by molar-refractivity contribution is -0.167. The van der Waals surface area contributed by atoms with Gasteiger partial charge in [-0.3, -0.25) is 14.4 Å². The van der Waals surface area contributed by atoms with E-state index < -0.39 is 6.10 Å². The smallest absolute Gasteiger partial charge is 0.306 e. The van der Waals surface area contributed by atoms with E-state index in [9.17, 15) is 14.4 Å². The summed E-state index contributed by atoms with van der Waals surface area (Å²) in [5.41, 5.74) is 0.